The summed E-state index contributed by atoms with van der Waals surface area (Å²) in [5.41, 5.74) is 6.65. The molecule has 0 radical (unpaired) electrons. The van der Waals surface area contributed by atoms with Crippen molar-refractivity contribution >= 4 is 0 Å². The SMILES string of the molecule is NCc1ccc(OCCCN2CCC(O)C2)cc1. The summed E-state index contributed by atoms with van der Waals surface area (Å²) >= 11 is 0. The summed E-state index contributed by atoms with van der Waals surface area (Å²) in [5.74, 6) is 0.897. The molecular formula is C14H22N2O2. The Hall–Kier alpha value is -1.10. The summed E-state index contributed by atoms with van der Waals surface area (Å²) in [6.07, 6.45) is 1.77. The third kappa shape index (κ3) is 3.98. The molecule has 0 amide bonds. The van der Waals surface area contributed by atoms with Gasteiger partial charge in [0.05, 0.1) is 12.7 Å². The van der Waals surface area contributed by atoms with E-state index in [9.17, 15) is 5.11 Å². The van der Waals surface area contributed by atoms with Crippen LogP contribution in [0.5, 0.6) is 5.75 Å². The average molecular weight is 250 g/mol. The standard InChI is InChI=1S/C14H22N2O2/c15-10-12-2-4-14(5-3-12)18-9-1-7-16-8-6-13(17)11-16/h2-5,13,17H,1,6-11,15H2. The second-order valence-electron chi connectivity index (χ2n) is 4.79. The Labute approximate surface area is 108 Å². The zero-order chi connectivity index (χ0) is 12.8. The van der Waals surface area contributed by atoms with Gasteiger partial charge < -0.3 is 20.5 Å². The van der Waals surface area contributed by atoms with Crippen LogP contribution in [0.25, 0.3) is 0 Å². The third-order valence-electron chi connectivity index (χ3n) is 3.29. The van der Waals surface area contributed by atoms with Gasteiger partial charge in [-0.15, -0.1) is 0 Å². The number of aliphatic hydroxyl groups is 1. The number of ether oxygens (including phenoxy) is 1. The highest BCUT2D eigenvalue weighted by molar-refractivity contribution is 5.26. The van der Waals surface area contributed by atoms with Crippen LogP contribution >= 0.6 is 0 Å². The smallest absolute Gasteiger partial charge is 0.119 e. The third-order valence-corrected chi connectivity index (χ3v) is 3.29. The van der Waals surface area contributed by atoms with E-state index in [1.165, 1.54) is 0 Å². The Morgan fingerprint density at radius 1 is 1.33 bits per heavy atom. The number of aliphatic hydroxyl groups excluding tert-OH is 1. The van der Waals surface area contributed by atoms with Crippen molar-refractivity contribution in [2.75, 3.05) is 26.2 Å². The van der Waals surface area contributed by atoms with Crippen LogP contribution in [0.2, 0.25) is 0 Å². The van der Waals surface area contributed by atoms with Crippen molar-refractivity contribution in [1.29, 1.82) is 0 Å². The van der Waals surface area contributed by atoms with Crippen molar-refractivity contribution in [3.8, 4) is 5.75 Å². The Morgan fingerprint density at radius 3 is 2.72 bits per heavy atom. The molecule has 0 spiro atoms. The lowest BCUT2D eigenvalue weighted by Gasteiger charge is -2.14. The predicted molar refractivity (Wildman–Crippen MR) is 71.5 cm³/mol. The second kappa shape index (κ2) is 6.73. The van der Waals surface area contributed by atoms with E-state index in [1.807, 2.05) is 24.3 Å². The van der Waals surface area contributed by atoms with Gasteiger partial charge >= 0.3 is 0 Å². The summed E-state index contributed by atoms with van der Waals surface area (Å²) in [4.78, 5) is 2.28. The highest BCUT2D eigenvalue weighted by Gasteiger charge is 2.18. The van der Waals surface area contributed by atoms with Crippen LogP contribution in [-0.2, 0) is 6.54 Å². The molecule has 1 aromatic carbocycles. The van der Waals surface area contributed by atoms with Crippen LogP contribution < -0.4 is 10.5 Å². The monoisotopic (exact) mass is 250 g/mol. The fourth-order valence-corrected chi connectivity index (χ4v) is 2.22. The van der Waals surface area contributed by atoms with Crippen LogP contribution in [0.4, 0.5) is 0 Å². The van der Waals surface area contributed by atoms with E-state index >= 15 is 0 Å². The molecule has 100 valence electrons. The lowest BCUT2D eigenvalue weighted by atomic mass is 10.2. The number of hydrogen-bond acceptors (Lipinski definition) is 4. The van der Waals surface area contributed by atoms with Crippen molar-refractivity contribution < 1.29 is 9.84 Å². The molecule has 1 aromatic rings. The largest absolute Gasteiger partial charge is 0.494 e. The number of nitrogens with zero attached hydrogens (tertiary/aromatic N) is 1. The van der Waals surface area contributed by atoms with Crippen LogP contribution in [0.3, 0.4) is 0 Å². The van der Waals surface area contributed by atoms with Gasteiger partial charge in [-0.1, -0.05) is 12.1 Å². The van der Waals surface area contributed by atoms with Gasteiger partial charge in [-0.05, 0) is 30.5 Å². The maximum atomic E-state index is 9.40. The van der Waals surface area contributed by atoms with Crippen molar-refractivity contribution in [2.24, 2.45) is 5.73 Å². The van der Waals surface area contributed by atoms with Crippen LogP contribution in [0.1, 0.15) is 18.4 Å². The van der Waals surface area contributed by atoms with Crippen LogP contribution in [0, 0.1) is 0 Å². The highest BCUT2D eigenvalue weighted by atomic mass is 16.5. The summed E-state index contributed by atoms with van der Waals surface area (Å²) < 4.78 is 5.66. The molecule has 0 aromatic heterocycles. The van der Waals surface area contributed by atoms with Gasteiger partial charge in [-0.3, -0.25) is 0 Å². The number of rotatable bonds is 6. The van der Waals surface area contributed by atoms with Gasteiger partial charge in [0.1, 0.15) is 5.75 Å². The molecule has 2 rings (SSSR count). The van der Waals surface area contributed by atoms with E-state index in [4.69, 9.17) is 10.5 Å². The second-order valence-corrected chi connectivity index (χ2v) is 4.79. The van der Waals surface area contributed by atoms with Gasteiger partial charge in [-0.25, -0.2) is 0 Å². The summed E-state index contributed by atoms with van der Waals surface area (Å²) in [7, 11) is 0. The van der Waals surface area contributed by atoms with E-state index < -0.39 is 0 Å². The molecule has 1 fully saturated rings. The minimum atomic E-state index is -0.130. The average Bonchev–Trinajstić information content (AvgIpc) is 2.81. The van der Waals surface area contributed by atoms with Gasteiger partial charge in [0.2, 0.25) is 0 Å². The predicted octanol–water partition coefficient (Wildman–Crippen LogP) is 0.981. The van der Waals surface area contributed by atoms with E-state index in [0.717, 1.165) is 43.8 Å². The molecule has 0 aliphatic carbocycles. The molecule has 1 aliphatic heterocycles. The molecule has 1 atom stereocenters. The van der Waals surface area contributed by atoms with E-state index in [2.05, 4.69) is 4.90 Å². The number of β-amino-alcohol motifs (C(OH)–C–C–N with tert-alkyl or cyclic N) is 1. The van der Waals surface area contributed by atoms with Crippen molar-refractivity contribution in [2.45, 2.75) is 25.5 Å². The quantitative estimate of drug-likeness (QED) is 0.739. The van der Waals surface area contributed by atoms with Gasteiger partial charge in [0.25, 0.3) is 0 Å². The Balaban J connectivity index is 1.62. The van der Waals surface area contributed by atoms with E-state index in [1.54, 1.807) is 0 Å². The first-order chi connectivity index (χ1) is 8.78. The van der Waals surface area contributed by atoms with Crippen molar-refractivity contribution in [3.63, 3.8) is 0 Å². The van der Waals surface area contributed by atoms with E-state index in [-0.39, 0.29) is 6.10 Å². The van der Waals surface area contributed by atoms with Gasteiger partial charge in [-0.2, -0.15) is 0 Å². The minimum absolute atomic E-state index is 0.130. The highest BCUT2D eigenvalue weighted by Crippen LogP contribution is 2.13. The number of benzene rings is 1. The molecule has 18 heavy (non-hydrogen) atoms. The lowest BCUT2D eigenvalue weighted by molar-refractivity contribution is 0.173. The van der Waals surface area contributed by atoms with Crippen LogP contribution in [-0.4, -0.2) is 42.4 Å². The molecule has 0 saturated carbocycles. The Morgan fingerprint density at radius 2 is 2.11 bits per heavy atom. The first-order valence-corrected chi connectivity index (χ1v) is 6.60. The Kier molecular flexibility index (Phi) is 4.99. The lowest BCUT2D eigenvalue weighted by Crippen LogP contribution is -2.24. The number of nitrogens with two attached hydrogens (primary N) is 1. The van der Waals surface area contributed by atoms with E-state index in [0.29, 0.717) is 13.2 Å². The minimum Gasteiger partial charge on any atom is -0.494 e. The first-order valence-electron chi connectivity index (χ1n) is 6.60. The van der Waals surface area contributed by atoms with Crippen LogP contribution in [0.15, 0.2) is 24.3 Å². The molecule has 1 saturated heterocycles. The molecule has 4 heteroatoms. The van der Waals surface area contributed by atoms with Crippen molar-refractivity contribution in [3.05, 3.63) is 29.8 Å². The Bertz CT molecular complexity index is 353. The first kappa shape index (κ1) is 13.3. The molecular weight excluding hydrogens is 228 g/mol. The zero-order valence-corrected chi connectivity index (χ0v) is 10.7. The topological polar surface area (TPSA) is 58.7 Å². The van der Waals surface area contributed by atoms with Crippen molar-refractivity contribution in [1.82, 2.24) is 4.90 Å². The molecule has 4 nitrogen and oxygen atoms in total. The fraction of sp³-hybridized carbons (Fsp3) is 0.571. The molecule has 1 unspecified atom stereocenters. The fourth-order valence-electron chi connectivity index (χ4n) is 2.22. The summed E-state index contributed by atoms with van der Waals surface area (Å²) in [6, 6.07) is 7.90. The number of likely N-dealkylation sites (tertiary alicyclic amines) is 1. The summed E-state index contributed by atoms with van der Waals surface area (Å²) in [5, 5.41) is 9.40. The molecule has 3 N–H and O–H groups in total. The summed E-state index contributed by atoms with van der Waals surface area (Å²) in [6.45, 7) is 4.10. The maximum Gasteiger partial charge on any atom is 0.119 e. The maximum absolute atomic E-state index is 9.40. The van der Waals surface area contributed by atoms with Gasteiger partial charge in [0.15, 0.2) is 0 Å². The molecule has 1 heterocycles. The normalized spacial score (nSPS) is 20.2. The zero-order valence-electron chi connectivity index (χ0n) is 10.7. The van der Waals surface area contributed by atoms with Gasteiger partial charge in [0, 0.05) is 26.2 Å². The number of hydrogen-bond donors (Lipinski definition) is 2. The molecule has 0 bridgehead atoms. The molecule has 1 aliphatic rings.